The standard InChI is InChI=1S/C12H22N4OS/c1-4-16(8-11-6-5-7-18-11)12(15-13)14-10(2)9-17-3/h5-7,10H,4,8-9,13H2,1-3H3,(H,14,15). The Morgan fingerprint density at radius 2 is 2.44 bits per heavy atom. The second-order valence-corrected chi connectivity index (χ2v) is 5.03. The lowest BCUT2D eigenvalue weighted by Crippen LogP contribution is -2.45. The first-order chi connectivity index (χ1) is 8.71. The number of nitrogens with zero attached hydrogens (tertiary/aromatic N) is 2. The molecule has 0 saturated carbocycles. The van der Waals surface area contributed by atoms with Crippen molar-refractivity contribution in [3.63, 3.8) is 0 Å². The number of hydrogen-bond donors (Lipinski definition) is 2. The molecule has 0 aromatic carbocycles. The van der Waals surface area contributed by atoms with Gasteiger partial charge in [0.25, 0.3) is 0 Å². The smallest absolute Gasteiger partial charge is 0.209 e. The Hall–Kier alpha value is -1.11. The number of hydrogen-bond acceptors (Lipinski definition) is 4. The largest absolute Gasteiger partial charge is 0.382 e. The van der Waals surface area contributed by atoms with E-state index in [1.165, 1.54) is 4.88 Å². The van der Waals surface area contributed by atoms with Crippen LogP contribution in [0.1, 0.15) is 18.7 Å². The number of aliphatic imine (C=N–C) groups is 1. The van der Waals surface area contributed by atoms with E-state index >= 15 is 0 Å². The van der Waals surface area contributed by atoms with E-state index in [-0.39, 0.29) is 6.04 Å². The molecule has 1 heterocycles. The zero-order valence-electron chi connectivity index (χ0n) is 11.2. The first-order valence-corrected chi connectivity index (χ1v) is 6.89. The molecule has 0 aliphatic carbocycles. The molecule has 102 valence electrons. The Balaban J connectivity index is 2.70. The van der Waals surface area contributed by atoms with Gasteiger partial charge in [0.2, 0.25) is 5.96 Å². The van der Waals surface area contributed by atoms with Crippen molar-refractivity contribution in [2.24, 2.45) is 10.8 Å². The first kappa shape index (κ1) is 14.9. The summed E-state index contributed by atoms with van der Waals surface area (Å²) in [5.74, 6) is 6.27. The summed E-state index contributed by atoms with van der Waals surface area (Å²) in [7, 11) is 1.67. The predicted molar refractivity (Wildman–Crippen MR) is 76.5 cm³/mol. The molecular weight excluding hydrogens is 248 g/mol. The zero-order chi connectivity index (χ0) is 13.4. The monoisotopic (exact) mass is 270 g/mol. The Kier molecular flexibility index (Phi) is 6.70. The van der Waals surface area contributed by atoms with Gasteiger partial charge in [0.15, 0.2) is 0 Å². The number of hydrazine groups is 1. The fraction of sp³-hybridized carbons (Fsp3) is 0.583. The molecule has 0 amide bonds. The highest BCUT2D eigenvalue weighted by molar-refractivity contribution is 7.09. The molecule has 0 fully saturated rings. The third-order valence-electron chi connectivity index (χ3n) is 2.49. The molecule has 5 nitrogen and oxygen atoms in total. The van der Waals surface area contributed by atoms with Crippen molar-refractivity contribution >= 4 is 17.3 Å². The number of nitrogens with two attached hydrogens (primary N) is 1. The van der Waals surface area contributed by atoms with E-state index in [2.05, 4.69) is 33.7 Å². The summed E-state index contributed by atoms with van der Waals surface area (Å²) in [6.07, 6.45) is 0. The molecular formula is C12H22N4OS. The van der Waals surface area contributed by atoms with Crippen molar-refractivity contribution in [1.82, 2.24) is 10.3 Å². The minimum atomic E-state index is 0.0819. The maximum Gasteiger partial charge on any atom is 0.209 e. The molecule has 1 atom stereocenters. The Morgan fingerprint density at radius 1 is 1.67 bits per heavy atom. The van der Waals surface area contributed by atoms with Gasteiger partial charge in [-0.3, -0.25) is 5.43 Å². The van der Waals surface area contributed by atoms with Crippen LogP contribution in [0.2, 0.25) is 0 Å². The van der Waals surface area contributed by atoms with Gasteiger partial charge in [0.1, 0.15) is 0 Å². The Bertz CT molecular complexity index is 353. The number of methoxy groups -OCH3 is 1. The number of ether oxygens (including phenoxy) is 1. The van der Waals surface area contributed by atoms with Crippen molar-refractivity contribution < 1.29 is 4.74 Å². The molecule has 1 aromatic rings. The molecule has 18 heavy (non-hydrogen) atoms. The number of rotatable bonds is 6. The molecule has 1 rings (SSSR count). The molecule has 0 bridgehead atoms. The van der Waals surface area contributed by atoms with Crippen LogP contribution >= 0.6 is 11.3 Å². The molecule has 0 aliphatic heterocycles. The SMILES string of the molecule is CCN(Cc1cccs1)C(=NC(C)COC)NN. The predicted octanol–water partition coefficient (Wildman–Crippen LogP) is 1.42. The van der Waals surface area contributed by atoms with Crippen LogP contribution in [0, 0.1) is 0 Å². The molecule has 0 radical (unpaired) electrons. The van der Waals surface area contributed by atoms with Gasteiger partial charge < -0.3 is 9.64 Å². The van der Waals surface area contributed by atoms with Crippen molar-refractivity contribution in [3.8, 4) is 0 Å². The average molecular weight is 270 g/mol. The Morgan fingerprint density at radius 3 is 2.94 bits per heavy atom. The Labute approximate surface area is 113 Å². The van der Waals surface area contributed by atoms with Crippen LogP contribution in [-0.4, -0.2) is 37.2 Å². The summed E-state index contributed by atoms with van der Waals surface area (Å²) in [6.45, 7) is 6.33. The molecule has 1 unspecified atom stereocenters. The minimum Gasteiger partial charge on any atom is -0.382 e. The molecule has 0 aliphatic rings. The third kappa shape index (κ3) is 4.64. The quantitative estimate of drug-likeness (QED) is 0.355. The number of guanidine groups is 1. The van der Waals surface area contributed by atoms with E-state index in [9.17, 15) is 0 Å². The van der Waals surface area contributed by atoms with Gasteiger partial charge in [-0.15, -0.1) is 11.3 Å². The summed E-state index contributed by atoms with van der Waals surface area (Å²) in [6, 6.07) is 4.24. The highest BCUT2D eigenvalue weighted by atomic mass is 32.1. The molecule has 3 N–H and O–H groups in total. The molecule has 0 saturated heterocycles. The summed E-state index contributed by atoms with van der Waals surface area (Å²) in [5, 5.41) is 2.07. The van der Waals surface area contributed by atoms with Gasteiger partial charge in [0, 0.05) is 18.5 Å². The lowest BCUT2D eigenvalue weighted by molar-refractivity contribution is 0.185. The number of nitrogens with one attached hydrogen (secondary N) is 1. The second kappa shape index (κ2) is 8.07. The van der Waals surface area contributed by atoms with E-state index in [0.717, 1.165) is 13.1 Å². The van der Waals surface area contributed by atoms with Gasteiger partial charge in [-0.2, -0.15) is 0 Å². The number of thiophene rings is 1. The highest BCUT2D eigenvalue weighted by Crippen LogP contribution is 2.12. The molecule has 1 aromatic heterocycles. The topological polar surface area (TPSA) is 62.9 Å². The van der Waals surface area contributed by atoms with Gasteiger partial charge in [-0.1, -0.05) is 6.07 Å². The maximum atomic E-state index is 5.56. The van der Waals surface area contributed by atoms with E-state index in [1.807, 2.05) is 13.0 Å². The first-order valence-electron chi connectivity index (χ1n) is 6.01. The second-order valence-electron chi connectivity index (χ2n) is 3.99. The van der Waals surface area contributed by atoms with Gasteiger partial charge in [-0.05, 0) is 25.3 Å². The van der Waals surface area contributed by atoms with Crippen molar-refractivity contribution in [3.05, 3.63) is 22.4 Å². The summed E-state index contributed by atoms with van der Waals surface area (Å²) >= 11 is 1.73. The van der Waals surface area contributed by atoms with Crippen molar-refractivity contribution in [1.29, 1.82) is 0 Å². The van der Waals surface area contributed by atoms with Gasteiger partial charge in [-0.25, -0.2) is 10.8 Å². The van der Waals surface area contributed by atoms with Gasteiger partial charge in [0.05, 0.1) is 19.2 Å². The normalized spacial score (nSPS) is 13.4. The van der Waals surface area contributed by atoms with E-state index in [0.29, 0.717) is 12.6 Å². The fourth-order valence-electron chi connectivity index (χ4n) is 1.62. The average Bonchev–Trinajstić information content (AvgIpc) is 2.86. The van der Waals surface area contributed by atoms with Crippen LogP contribution < -0.4 is 11.3 Å². The lowest BCUT2D eigenvalue weighted by atomic mass is 10.4. The van der Waals surface area contributed by atoms with E-state index in [1.54, 1.807) is 18.4 Å². The maximum absolute atomic E-state index is 5.56. The van der Waals surface area contributed by atoms with E-state index in [4.69, 9.17) is 10.6 Å². The van der Waals surface area contributed by atoms with Crippen LogP contribution in [0.25, 0.3) is 0 Å². The van der Waals surface area contributed by atoms with Crippen LogP contribution in [0.15, 0.2) is 22.5 Å². The highest BCUT2D eigenvalue weighted by Gasteiger charge is 2.11. The molecule has 6 heteroatoms. The van der Waals surface area contributed by atoms with Crippen LogP contribution in [0.5, 0.6) is 0 Å². The zero-order valence-corrected chi connectivity index (χ0v) is 12.0. The van der Waals surface area contributed by atoms with Crippen LogP contribution in [0.4, 0.5) is 0 Å². The van der Waals surface area contributed by atoms with Crippen LogP contribution in [0.3, 0.4) is 0 Å². The van der Waals surface area contributed by atoms with Crippen LogP contribution in [-0.2, 0) is 11.3 Å². The van der Waals surface area contributed by atoms with Crippen molar-refractivity contribution in [2.45, 2.75) is 26.4 Å². The summed E-state index contributed by atoms with van der Waals surface area (Å²) < 4.78 is 5.08. The third-order valence-corrected chi connectivity index (χ3v) is 3.35. The van der Waals surface area contributed by atoms with Gasteiger partial charge >= 0.3 is 0 Å². The van der Waals surface area contributed by atoms with E-state index < -0.39 is 0 Å². The molecule has 0 spiro atoms. The minimum absolute atomic E-state index is 0.0819. The van der Waals surface area contributed by atoms with Crippen molar-refractivity contribution in [2.75, 3.05) is 20.3 Å². The summed E-state index contributed by atoms with van der Waals surface area (Å²) in [4.78, 5) is 7.92. The fourth-order valence-corrected chi connectivity index (χ4v) is 2.34. The summed E-state index contributed by atoms with van der Waals surface area (Å²) in [5.41, 5.74) is 2.68. The lowest BCUT2D eigenvalue weighted by Gasteiger charge is -2.24.